The molecule has 3 aromatic rings. The van der Waals surface area contributed by atoms with E-state index in [4.69, 9.17) is 0 Å². The van der Waals surface area contributed by atoms with Gasteiger partial charge in [-0.05, 0) is 18.6 Å². The Bertz CT molecular complexity index is 943. The molecule has 0 unspecified atom stereocenters. The standard InChI is InChI=1S/C22H25F2N5O/c1-2-25-22(27-14-18-10-6-7-11-19(18)30-21(23)24)28-15-20-26-12-13-29(20)16-17-8-4-3-5-9-17/h3-13,21H,2,14-16H2,1H3,(H2,25,27,28). The van der Waals surface area contributed by atoms with E-state index in [0.29, 0.717) is 24.6 Å². The molecule has 0 fully saturated rings. The predicted molar refractivity (Wildman–Crippen MR) is 113 cm³/mol. The minimum Gasteiger partial charge on any atom is -0.434 e. The highest BCUT2D eigenvalue weighted by Crippen LogP contribution is 2.20. The summed E-state index contributed by atoms with van der Waals surface area (Å²) in [6, 6.07) is 16.8. The van der Waals surface area contributed by atoms with Crippen LogP contribution in [0.2, 0.25) is 0 Å². The lowest BCUT2D eigenvalue weighted by molar-refractivity contribution is -0.0504. The van der Waals surface area contributed by atoms with Crippen LogP contribution in [0.1, 0.15) is 23.9 Å². The summed E-state index contributed by atoms with van der Waals surface area (Å²) < 4.78 is 31.8. The first-order valence-electron chi connectivity index (χ1n) is 9.74. The normalized spacial score (nSPS) is 11.5. The number of para-hydroxylation sites is 1. The Labute approximate surface area is 174 Å². The third-order valence-electron chi connectivity index (χ3n) is 4.35. The fourth-order valence-corrected chi connectivity index (χ4v) is 2.95. The van der Waals surface area contributed by atoms with Gasteiger partial charge in [-0.25, -0.2) is 9.98 Å². The summed E-state index contributed by atoms with van der Waals surface area (Å²) >= 11 is 0. The lowest BCUT2D eigenvalue weighted by Gasteiger charge is -2.13. The highest BCUT2D eigenvalue weighted by molar-refractivity contribution is 5.79. The van der Waals surface area contributed by atoms with Crippen LogP contribution in [0.4, 0.5) is 8.78 Å². The molecule has 0 radical (unpaired) electrons. The van der Waals surface area contributed by atoms with Gasteiger partial charge in [0.1, 0.15) is 11.6 Å². The first-order chi connectivity index (χ1) is 14.7. The van der Waals surface area contributed by atoms with Gasteiger partial charge in [0.15, 0.2) is 5.96 Å². The average Bonchev–Trinajstić information content (AvgIpc) is 3.18. The predicted octanol–water partition coefficient (Wildman–Crippen LogP) is 3.79. The molecule has 30 heavy (non-hydrogen) atoms. The van der Waals surface area contributed by atoms with Crippen molar-refractivity contribution in [2.75, 3.05) is 6.54 Å². The number of aliphatic imine (C=N–C) groups is 1. The number of hydrogen-bond acceptors (Lipinski definition) is 3. The summed E-state index contributed by atoms with van der Waals surface area (Å²) in [4.78, 5) is 8.92. The molecule has 0 amide bonds. The molecule has 2 aromatic carbocycles. The number of nitrogens with one attached hydrogen (secondary N) is 2. The number of nitrogens with zero attached hydrogens (tertiary/aromatic N) is 3. The van der Waals surface area contributed by atoms with Gasteiger partial charge in [-0.1, -0.05) is 48.5 Å². The molecule has 0 aliphatic heterocycles. The first kappa shape index (κ1) is 21.3. The van der Waals surface area contributed by atoms with E-state index in [0.717, 1.165) is 12.4 Å². The van der Waals surface area contributed by atoms with E-state index in [2.05, 4.69) is 42.0 Å². The lowest BCUT2D eigenvalue weighted by atomic mass is 10.2. The summed E-state index contributed by atoms with van der Waals surface area (Å²) in [5.74, 6) is 1.56. The van der Waals surface area contributed by atoms with Crippen molar-refractivity contribution < 1.29 is 13.5 Å². The second kappa shape index (κ2) is 10.9. The van der Waals surface area contributed by atoms with Crippen LogP contribution in [0.25, 0.3) is 0 Å². The van der Waals surface area contributed by atoms with E-state index in [9.17, 15) is 8.78 Å². The van der Waals surface area contributed by atoms with Crippen LogP contribution in [0, 0.1) is 0 Å². The molecule has 158 valence electrons. The number of benzene rings is 2. The highest BCUT2D eigenvalue weighted by atomic mass is 19.3. The molecule has 0 saturated carbocycles. The Hall–Kier alpha value is -3.42. The SMILES string of the molecule is CCNC(=NCc1ccccc1OC(F)F)NCc1nccn1Cc1ccccc1. The topological polar surface area (TPSA) is 63.5 Å². The molecular weight excluding hydrogens is 388 g/mol. The van der Waals surface area contributed by atoms with Crippen LogP contribution >= 0.6 is 0 Å². The van der Waals surface area contributed by atoms with Crippen molar-refractivity contribution in [1.29, 1.82) is 0 Å². The van der Waals surface area contributed by atoms with E-state index < -0.39 is 6.61 Å². The van der Waals surface area contributed by atoms with Gasteiger partial charge in [-0.2, -0.15) is 8.78 Å². The number of hydrogen-bond donors (Lipinski definition) is 2. The van der Waals surface area contributed by atoms with Gasteiger partial charge >= 0.3 is 6.61 Å². The number of alkyl halides is 2. The molecule has 0 bridgehead atoms. The molecule has 0 aliphatic rings. The third-order valence-corrected chi connectivity index (χ3v) is 4.35. The van der Waals surface area contributed by atoms with Crippen LogP contribution in [0.5, 0.6) is 5.75 Å². The van der Waals surface area contributed by atoms with E-state index in [1.165, 1.54) is 11.6 Å². The maximum absolute atomic E-state index is 12.6. The Morgan fingerprint density at radius 3 is 2.63 bits per heavy atom. The van der Waals surface area contributed by atoms with Crippen molar-refractivity contribution in [1.82, 2.24) is 20.2 Å². The fraction of sp³-hybridized carbons (Fsp3) is 0.273. The summed E-state index contributed by atoms with van der Waals surface area (Å²) in [6.07, 6.45) is 3.70. The number of halogens is 2. The number of aromatic nitrogens is 2. The Morgan fingerprint density at radius 2 is 1.87 bits per heavy atom. The molecular formula is C22H25F2N5O. The van der Waals surface area contributed by atoms with Gasteiger partial charge in [-0.3, -0.25) is 0 Å². The summed E-state index contributed by atoms with van der Waals surface area (Å²) in [7, 11) is 0. The van der Waals surface area contributed by atoms with Gasteiger partial charge in [0.25, 0.3) is 0 Å². The number of rotatable bonds is 9. The van der Waals surface area contributed by atoms with Gasteiger partial charge in [-0.15, -0.1) is 0 Å². The van der Waals surface area contributed by atoms with Crippen molar-refractivity contribution in [3.63, 3.8) is 0 Å². The second-order valence-electron chi connectivity index (χ2n) is 6.49. The lowest BCUT2D eigenvalue weighted by Crippen LogP contribution is -2.37. The van der Waals surface area contributed by atoms with Gasteiger partial charge < -0.3 is 19.9 Å². The molecule has 3 rings (SSSR count). The van der Waals surface area contributed by atoms with Crippen LogP contribution in [-0.4, -0.2) is 28.7 Å². The molecule has 0 saturated heterocycles. The van der Waals surface area contributed by atoms with Gasteiger partial charge in [0.2, 0.25) is 0 Å². The number of ether oxygens (including phenoxy) is 1. The average molecular weight is 413 g/mol. The number of imidazole rings is 1. The molecule has 2 N–H and O–H groups in total. The second-order valence-corrected chi connectivity index (χ2v) is 6.49. The monoisotopic (exact) mass is 413 g/mol. The largest absolute Gasteiger partial charge is 0.434 e. The minimum absolute atomic E-state index is 0.130. The van der Waals surface area contributed by atoms with Crippen LogP contribution in [-0.2, 0) is 19.6 Å². The molecule has 0 aliphatic carbocycles. The highest BCUT2D eigenvalue weighted by Gasteiger charge is 2.09. The maximum Gasteiger partial charge on any atom is 0.387 e. The molecule has 0 atom stereocenters. The van der Waals surface area contributed by atoms with E-state index in [-0.39, 0.29) is 12.3 Å². The Kier molecular flexibility index (Phi) is 7.77. The van der Waals surface area contributed by atoms with Crippen molar-refractivity contribution in [3.05, 3.63) is 83.9 Å². The van der Waals surface area contributed by atoms with Crippen LogP contribution < -0.4 is 15.4 Å². The zero-order valence-corrected chi connectivity index (χ0v) is 16.8. The zero-order valence-electron chi connectivity index (χ0n) is 16.8. The van der Waals surface area contributed by atoms with Gasteiger partial charge in [0.05, 0.1) is 13.1 Å². The third kappa shape index (κ3) is 6.30. The number of guanidine groups is 1. The summed E-state index contributed by atoms with van der Waals surface area (Å²) in [5.41, 5.74) is 1.77. The van der Waals surface area contributed by atoms with Crippen molar-refractivity contribution >= 4 is 5.96 Å². The molecule has 1 heterocycles. The van der Waals surface area contributed by atoms with Crippen LogP contribution in [0.3, 0.4) is 0 Å². The molecule has 1 aromatic heterocycles. The zero-order chi connectivity index (χ0) is 21.2. The Morgan fingerprint density at radius 1 is 1.10 bits per heavy atom. The molecule has 0 spiro atoms. The van der Waals surface area contributed by atoms with Crippen molar-refractivity contribution in [3.8, 4) is 5.75 Å². The van der Waals surface area contributed by atoms with Crippen molar-refractivity contribution in [2.24, 2.45) is 4.99 Å². The molecule has 8 heteroatoms. The van der Waals surface area contributed by atoms with E-state index in [1.807, 2.05) is 31.3 Å². The molecule has 6 nitrogen and oxygen atoms in total. The minimum atomic E-state index is -2.87. The first-order valence-corrected chi connectivity index (χ1v) is 9.74. The quantitative estimate of drug-likeness (QED) is 0.414. The van der Waals surface area contributed by atoms with Gasteiger partial charge in [0, 0.05) is 31.0 Å². The fourth-order valence-electron chi connectivity index (χ4n) is 2.95. The smallest absolute Gasteiger partial charge is 0.387 e. The maximum atomic E-state index is 12.6. The Balaban J connectivity index is 1.65. The summed E-state index contributed by atoms with van der Waals surface area (Å²) in [5, 5.41) is 6.40. The van der Waals surface area contributed by atoms with Crippen LogP contribution in [0.15, 0.2) is 72.0 Å². The van der Waals surface area contributed by atoms with E-state index in [1.54, 1.807) is 24.4 Å². The van der Waals surface area contributed by atoms with Crippen molar-refractivity contribution in [2.45, 2.75) is 33.2 Å². The van der Waals surface area contributed by atoms with E-state index >= 15 is 0 Å². The summed E-state index contributed by atoms with van der Waals surface area (Å²) in [6.45, 7) is 1.16.